The molecule has 5 rings (SSSR count). The lowest BCUT2D eigenvalue weighted by atomic mass is 9.53. The normalized spacial score (nSPS) is 37.3. The first-order chi connectivity index (χ1) is 15.2. The fourth-order valence-electron chi connectivity index (χ4n) is 7.46. The number of aliphatic hydroxyl groups is 1. The summed E-state index contributed by atoms with van der Waals surface area (Å²) in [5, 5.41) is 11.1. The molecule has 5 heteroatoms. The zero-order valence-electron chi connectivity index (χ0n) is 19.9. The van der Waals surface area contributed by atoms with E-state index in [1.54, 1.807) is 5.57 Å². The number of allylic oxidation sites excluding steroid dienone is 4. The van der Waals surface area contributed by atoms with Gasteiger partial charge in [0, 0.05) is 44.0 Å². The molecule has 0 heterocycles. The average Bonchev–Trinajstić information content (AvgIpc) is 3.04. The number of benzene rings is 1. The van der Waals surface area contributed by atoms with Crippen LogP contribution in [-0.2, 0) is 4.79 Å². The molecule has 168 valence electrons. The van der Waals surface area contributed by atoms with Crippen LogP contribution < -0.4 is 4.90 Å². The van der Waals surface area contributed by atoms with E-state index in [-0.39, 0.29) is 11.3 Å². The smallest absolute Gasteiger partial charge is 0.137 e. The molecule has 0 bridgehead atoms. The molecule has 4 aliphatic carbocycles. The van der Waals surface area contributed by atoms with Crippen molar-refractivity contribution in [2.75, 3.05) is 25.7 Å². The summed E-state index contributed by atoms with van der Waals surface area (Å²) in [6, 6.07) is 8.99. The van der Waals surface area contributed by atoms with Gasteiger partial charge in [0.2, 0.25) is 0 Å². The molecule has 3 nitrogen and oxygen atoms in total. The Hall–Kier alpha value is -1.38. The number of anilines is 1. The molecule has 0 spiro atoms. The number of carbonyl (C=O) groups is 1. The molecule has 32 heavy (non-hydrogen) atoms. The summed E-state index contributed by atoms with van der Waals surface area (Å²) in [5.41, 5.74) is 6.69. The molecule has 1 unspecified atom stereocenters. The van der Waals surface area contributed by atoms with Crippen molar-refractivity contribution in [2.45, 2.75) is 63.1 Å². The van der Waals surface area contributed by atoms with E-state index in [9.17, 15) is 9.90 Å². The Labute approximate surface area is 195 Å². The Morgan fingerprint density at radius 1 is 1.19 bits per heavy atom. The fourth-order valence-corrected chi connectivity index (χ4v) is 9.01. The van der Waals surface area contributed by atoms with E-state index in [1.165, 1.54) is 22.4 Å². The summed E-state index contributed by atoms with van der Waals surface area (Å²) in [7, 11) is 9.69. The van der Waals surface area contributed by atoms with E-state index in [1.807, 2.05) is 6.66 Å². The number of ketones is 1. The maximum Gasteiger partial charge on any atom is 0.137 e. The van der Waals surface area contributed by atoms with Crippen molar-refractivity contribution in [1.82, 2.24) is 0 Å². The fraction of sp³-hybridized carbons (Fsp3) is 0.593. The monoisotopic (exact) mass is 447 g/mol. The second-order valence-electron chi connectivity index (χ2n) is 11.0. The van der Waals surface area contributed by atoms with Crippen LogP contribution in [0.1, 0.15) is 63.4 Å². The zero-order valence-corrected chi connectivity index (χ0v) is 20.8. The standard InChI is InChI=1S/C27H35BNO2P/c1-26-16-23(17-5-8-19(9-6-17)29(2)3)25-21-12-10-20(30)15-18(21)7-11-22(25)24(26)13-14-27(26,31)32(4)28/h5-9,22-24,31H,10-16H2,1-4H3/t22-,23+,24-,26-,27+,32?/m0/s1. The van der Waals surface area contributed by atoms with Crippen LogP contribution in [0.3, 0.4) is 0 Å². The molecular weight excluding hydrogens is 412 g/mol. The van der Waals surface area contributed by atoms with Crippen LogP contribution in [-0.4, -0.2) is 44.6 Å². The van der Waals surface area contributed by atoms with Crippen molar-refractivity contribution in [2.24, 2.45) is 17.3 Å². The quantitative estimate of drug-likeness (QED) is 0.489. The van der Waals surface area contributed by atoms with Crippen LogP contribution in [0.4, 0.5) is 5.69 Å². The Balaban J connectivity index is 1.64. The number of carbonyl (C=O) groups excluding carboxylic acids is 1. The lowest BCUT2D eigenvalue weighted by Crippen LogP contribution is -2.50. The Kier molecular flexibility index (Phi) is 5.50. The van der Waals surface area contributed by atoms with Crippen molar-refractivity contribution >= 4 is 26.8 Å². The summed E-state index contributed by atoms with van der Waals surface area (Å²) < 4.78 is 0. The molecule has 0 aliphatic heterocycles. The molecule has 1 aromatic carbocycles. The molecule has 0 amide bonds. The lowest BCUT2D eigenvalue weighted by Gasteiger charge is -2.55. The summed E-state index contributed by atoms with van der Waals surface area (Å²) in [6.07, 6.45) is 8.31. The van der Waals surface area contributed by atoms with Crippen LogP contribution in [0.5, 0.6) is 0 Å². The lowest BCUT2D eigenvalue weighted by molar-refractivity contribution is -0.118. The van der Waals surface area contributed by atoms with E-state index in [2.05, 4.69) is 56.3 Å². The van der Waals surface area contributed by atoms with Crippen molar-refractivity contribution in [3.05, 3.63) is 52.6 Å². The van der Waals surface area contributed by atoms with Crippen molar-refractivity contribution in [3.8, 4) is 0 Å². The second kappa shape index (κ2) is 7.85. The number of fused-ring (bicyclic) bond motifs is 4. The SMILES string of the molecule is [B]P(C)[C@]1(O)CC[C@H]2[C@@H]3CC=C4CC(=O)CCC4=C3[C@@H](c3ccc(N(C)C)cc3)C[C@@]21C. The minimum atomic E-state index is -0.951. The molecule has 6 atom stereocenters. The molecule has 2 radical (unpaired) electrons. The highest BCUT2D eigenvalue weighted by molar-refractivity contribution is 7.82. The topological polar surface area (TPSA) is 40.5 Å². The van der Waals surface area contributed by atoms with E-state index in [4.69, 9.17) is 7.57 Å². The summed E-state index contributed by atoms with van der Waals surface area (Å²) in [6.45, 7) is 4.37. The van der Waals surface area contributed by atoms with E-state index in [0.29, 0.717) is 30.5 Å². The van der Waals surface area contributed by atoms with E-state index in [0.717, 1.165) is 32.1 Å². The zero-order chi connectivity index (χ0) is 22.8. The highest BCUT2D eigenvalue weighted by Gasteiger charge is 2.63. The van der Waals surface area contributed by atoms with Crippen LogP contribution in [0, 0.1) is 17.3 Å². The highest BCUT2D eigenvalue weighted by Crippen LogP contribution is 2.71. The van der Waals surface area contributed by atoms with Gasteiger partial charge in [0.05, 0.1) is 5.34 Å². The van der Waals surface area contributed by atoms with Crippen LogP contribution in [0.2, 0.25) is 0 Å². The second-order valence-corrected chi connectivity index (χ2v) is 12.9. The summed E-state index contributed by atoms with van der Waals surface area (Å²) in [5.74, 6) is 1.56. The number of hydrogen-bond acceptors (Lipinski definition) is 3. The molecule has 4 aliphatic rings. The predicted octanol–water partition coefficient (Wildman–Crippen LogP) is 5.54. The van der Waals surface area contributed by atoms with Crippen molar-refractivity contribution in [3.63, 3.8) is 0 Å². The molecule has 0 saturated heterocycles. The van der Waals surface area contributed by atoms with E-state index >= 15 is 0 Å². The van der Waals surface area contributed by atoms with Gasteiger partial charge in [-0.1, -0.05) is 37.4 Å². The van der Waals surface area contributed by atoms with Gasteiger partial charge >= 0.3 is 0 Å². The minimum Gasteiger partial charge on any atom is -0.386 e. The Bertz CT molecular complexity index is 997. The van der Waals surface area contributed by atoms with Crippen molar-refractivity contribution < 1.29 is 9.90 Å². The number of nitrogens with zero attached hydrogens (tertiary/aromatic N) is 1. The largest absolute Gasteiger partial charge is 0.386 e. The van der Waals surface area contributed by atoms with Gasteiger partial charge in [-0.15, -0.1) is 7.80 Å². The first kappa shape index (κ1) is 22.4. The van der Waals surface area contributed by atoms with Gasteiger partial charge in [0.25, 0.3) is 0 Å². The summed E-state index contributed by atoms with van der Waals surface area (Å²) in [4.78, 5) is 14.3. The Morgan fingerprint density at radius 2 is 1.91 bits per heavy atom. The van der Waals surface area contributed by atoms with Gasteiger partial charge in [-0.2, -0.15) is 0 Å². The van der Waals surface area contributed by atoms with Gasteiger partial charge in [-0.3, -0.25) is 4.79 Å². The highest BCUT2D eigenvalue weighted by atomic mass is 31.1. The molecule has 3 fully saturated rings. The third-order valence-corrected chi connectivity index (χ3v) is 11.1. The predicted molar refractivity (Wildman–Crippen MR) is 135 cm³/mol. The molecule has 1 N–H and O–H groups in total. The average molecular weight is 447 g/mol. The minimum absolute atomic E-state index is 0.183. The molecule has 0 aromatic heterocycles. The number of rotatable bonds is 3. The van der Waals surface area contributed by atoms with E-state index < -0.39 is 13.1 Å². The van der Waals surface area contributed by atoms with Crippen molar-refractivity contribution in [1.29, 1.82) is 0 Å². The third kappa shape index (κ3) is 3.20. The third-order valence-electron chi connectivity index (χ3n) is 9.22. The first-order valence-corrected chi connectivity index (χ1v) is 13.9. The number of Topliss-reactive ketones (excluding diaryl/α,β-unsaturated/α-hetero) is 1. The molecule has 3 saturated carbocycles. The van der Waals surface area contributed by atoms with Crippen LogP contribution in [0.25, 0.3) is 0 Å². The van der Waals surface area contributed by atoms with Gasteiger partial charge in [0.15, 0.2) is 0 Å². The first-order valence-electron chi connectivity index (χ1n) is 12.1. The van der Waals surface area contributed by atoms with Gasteiger partial charge < -0.3 is 10.0 Å². The maximum atomic E-state index is 12.2. The van der Waals surface area contributed by atoms with Gasteiger partial charge in [-0.25, -0.2) is 0 Å². The maximum absolute atomic E-state index is 12.2. The van der Waals surface area contributed by atoms with Crippen LogP contribution in [0.15, 0.2) is 47.1 Å². The molecule has 1 aromatic rings. The number of hydrogen-bond donors (Lipinski definition) is 1. The van der Waals surface area contributed by atoms with Crippen LogP contribution >= 0.6 is 7.80 Å². The van der Waals surface area contributed by atoms with Gasteiger partial charge in [0.1, 0.15) is 13.3 Å². The molecular formula is C27H35BNO2P. The Morgan fingerprint density at radius 3 is 2.56 bits per heavy atom. The van der Waals surface area contributed by atoms with Gasteiger partial charge in [-0.05, 0) is 72.8 Å². The summed E-state index contributed by atoms with van der Waals surface area (Å²) >= 11 is 0.